The monoisotopic (exact) mass is 291 g/mol. The van der Waals surface area contributed by atoms with E-state index >= 15 is 0 Å². The normalized spacial score (nSPS) is 23.0. The van der Waals surface area contributed by atoms with Crippen molar-refractivity contribution in [3.8, 4) is 0 Å². The molecule has 21 heavy (non-hydrogen) atoms. The zero-order valence-electron chi connectivity index (χ0n) is 12.8. The zero-order chi connectivity index (χ0) is 15.4. The molecule has 5 heteroatoms. The molecular formula is C16H25N3O2. The molecule has 1 aliphatic heterocycles. The molecule has 1 heterocycles. The highest BCUT2D eigenvalue weighted by Gasteiger charge is 2.24. The number of rotatable bonds is 4. The summed E-state index contributed by atoms with van der Waals surface area (Å²) in [7, 11) is 0. The Hall–Kier alpha value is -1.59. The number of nitrogen functional groups attached to an aromatic ring is 1. The lowest BCUT2D eigenvalue weighted by atomic mass is 9.96. The number of aliphatic hydroxyl groups is 1. The number of carbonyl (C=O) groups is 1. The minimum Gasteiger partial charge on any atom is -0.399 e. The molecule has 0 aromatic heterocycles. The maximum atomic E-state index is 12.0. The van der Waals surface area contributed by atoms with E-state index in [1.165, 1.54) is 0 Å². The summed E-state index contributed by atoms with van der Waals surface area (Å²) in [6.45, 7) is 6.29. The van der Waals surface area contributed by atoms with Crippen LogP contribution in [0.15, 0.2) is 18.2 Å². The summed E-state index contributed by atoms with van der Waals surface area (Å²) >= 11 is 0. The van der Waals surface area contributed by atoms with Crippen LogP contribution in [0.2, 0.25) is 0 Å². The Balaban J connectivity index is 1.80. The Kier molecular flexibility index (Phi) is 5.20. The van der Waals surface area contributed by atoms with E-state index in [0.29, 0.717) is 31.1 Å². The molecule has 0 aliphatic carbocycles. The van der Waals surface area contributed by atoms with Crippen molar-refractivity contribution >= 4 is 17.3 Å². The van der Waals surface area contributed by atoms with E-state index in [1.54, 1.807) is 6.07 Å². The number of amides is 1. The molecule has 1 aromatic carbocycles. The predicted octanol–water partition coefficient (Wildman–Crippen LogP) is 1.61. The fraction of sp³-hybridized carbons (Fsp3) is 0.562. The second kappa shape index (κ2) is 6.91. The first-order valence-electron chi connectivity index (χ1n) is 7.52. The molecule has 0 radical (unpaired) electrons. The first kappa shape index (κ1) is 15.8. The van der Waals surface area contributed by atoms with E-state index in [4.69, 9.17) is 5.73 Å². The number of β-amino-alcohol motifs (C(OH)–C–C–N with tert-alkyl or cyclic N) is 1. The number of hydrogen-bond donors (Lipinski definition) is 3. The van der Waals surface area contributed by atoms with Crippen LogP contribution in [0.3, 0.4) is 0 Å². The van der Waals surface area contributed by atoms with Crippen LogP contribution in [0.25, 0.3) is 0 Å². The lowest BCUT2D eigenvalue weighted by Crippen LogP contribution is -2.43. The number of nitrogens with zero attached hydrogens (tertiary/aromatic N) is 1. The Bertz CT molecular complexity index is 504. The summed E-state index contributed by atoms with van der Waals surface area (Å²) in [4.78, 5) is 14.2. The van der Waals surface area contributed by atoms with Crippen molar-refractivity contribution in [2.45, 2.75) is 32.8 Å². The molecule has 4 N–H and O–H groups in total. The third kappa shape index (κ3) is 4.44. The van der Waals surface area contributed by atoms with Crippen LogP contribution in [-0.4, -0.2) is 41.7 Å². The second-order valence-electron chi connectivity index (χ2n) is 6.01. The van der Waals surface area contributed by atoms with Gasteiger partial charge < -0.3 is 21.1 Å². The molecule has 1 aromatic rings. The minimum absolute atomic E-state index is 0.00372. The average Bonchev–Trinajstić information content (AvgIpc) is 2.43. The molecule has 1 fully saturated rings. The Morgan fingerprint density at radius 2 is 2.29 bits per heavy atom. The van der Waals surface area contributed by atoms with E-state index in [-0.39, 0.29) is 12.0 Å². The number of nitrogens with one attached hydrogen (secondary N) is 1. The number of benzene rings is 1. The van der Waals surface area contributed by atoms with Crippen LogP contribution in [-0.2, 0) is 4.79 Å². The van der Waals surface area contributed by atoms with E-state index < -0.39 is 0 Å². The first-order valence-corrected chi connectivity index (χ1v) is 7.52. The summed E-state index contributed by atoms with van der Waals surface area (Å²) in [5, 5.41) is 12.8. The van der Waals surface area contributed by atoms with E-state index in [0.717, 1.165) is 24.2 Å². The van der Waals surface area contributed by atoms with Crippen molar-refractivity contribution in [2.75, 3.05) is 30.7 Å². The number of likely N-dealkylation sites (tertiary alicyclic amines) is 1. The van der Waals surface area contributed by atoms with Crippen LogP contribution < -0.4 is 11.1 Å². The van der Waals surface area contributed by atoms with Crippen LogP contribution >= 0.6 is 0 Å². The Morgan fingerprint density at radius 3 is 2.95 bits per heavy atom. The maximum Gasteiger partial charge on any atom is 0.225 e. The van der Waals surface area contributed by atoms with E-state index in [9.17, 15) is 9.90 Å². The number of aryl methyl sites for hydroxylation is 1. The van der Waals surface area contributed by atoms with Gasteiger partial charge in [0.1, 0.15) is 0 Å². The molecule has 0 bridgehead atoms. The molecule has 5 nitrogen and oxygen atoms in total. The summed E-state index contributed by atoms with van der Waals surface area (Å²) < 4.78 is 0. The molecule has 1 amide bonds. The average molecular weight is 291 g/mol. The van der Waals surface area contributed by atoms with Gasteiger partial charge in [0.2, 0.25) is 5.91 Å². The van der Waals surface area contributed by atoms with Crippen molar-refractivity contribution in [1.82, 2.24) is 4.90 Å². The van der Waals surface area contributed by atoms with Crippen molar-refractivity contribution in [1.29, 1.82) is 0 Å². The third-order valence-corrected chi connectivity index (χ3v) is 4.18. The highest BCUT2D eigenvalue weighted by molar-refractivity contribution is 5.91. The lowest BCUT2D eigenvalue weighted by Gasteiger charge is -2.34. The van der Waals surface area contributed by atoms with Gasteiger partial charge in [0.25, 0.3) is 0 Å². The molecule has 2 atom stereocenters. The zero-order valence-corrected chi connectivity index (χ0v) is 12.8. The minimum atomic E-state index is -0.277. The number of nitrogens with two attached hydrogens (primary N) is 1. The summed E-state index contributed by atoms with van der Waals surface area (Å²) in [6, 6.07) is 5.46. The van der Waals surface area contributed by atoms with Crippen LogP contribution in [0, 0.1) is 12.8 Å². The van der Waals surface area contributed by atoms with Gasteiger partial charge in [-0.25, -0.2) is 0 Å². The van der Waals surface area contributed by atoms with Crippen molar-refractivity contribution in [3.05, 3.63) is 23.8 Å². The van der Waals surface area contributed by atoms with Gasteiger partial charge in [0, 0.05) is 30.9 Å². The predicted molar refractivity (Wildman–Crippen MR) is 85.1 cm³/mol. The molecule has 0 saturated carbocycles. The Labute approximate surface area is 126 Å². The fourth-order valence-corrected chi connectivity index (χ4v) is 2.62. The molecule has 116 valence electrons. The van der Waals surface area contributed by atoms with Crippen molar-refractivity contribution in [3.63, 3.8) is 0 Å². The maximum absolute atomic E-state index is 12.0. The number of carbonyl (C=O) groups excluding carboxylic acids is 1. The summed E-state index contributed by atoms with van der Waals surface area (Å²) in [5.41, 5.74) is 8.16. The van der Waals surface area contributed by atoms with Crippen LogP contribution in [0.1, 0.15) is 25.3 Å². The van der Waals surface area contributed by atoms with Gasteiger partial charge in [-0.1, -0.05) is 6.92 Å². The van der Waals surface area contributed by atoms with Crippen molar-refractivity contribution < 1.29 is 9.90 Å². The van der Waals surface area contributed by atoms with Gasteiger partial charge in [-0.15, -0.1) is 0 Å². The molecular weight excluding hydrogens is 266 g/mol. The van der Waals surface area contributed by atoms with Gasteiger partial charge in [-0.05, 0) is 49.6 Å². The third-order valence-electron chi connectivity index (χ3n) is 4.18. The molecule has 0 spiro atoms. The molecule has 1 aliphatic rings. The number of piperidine rings is 1. The molecule has 2 rings (SSSR count). The smallest absolute Gasteiger partial charge is 0.225 e. The highest BCUT2D eigenvalue weighted by Crippen LogP contribution is 2.19. The van der Waals surface area contributed by atoms with E-state index in [1.807, 2.05) is 19.1 Å². The van der Waals surface area contributed by atoms with Gasteiger partial charge >= 0.3 is 0 Å². The number of hydrogen-bond acceptors (Lipinski definition) is 4. The number of aliphatic hydroxyl groups excluding tert-OH is 1. The summed E-state index contributed by atoms with van der Waals surface area (Å²) in [5.74, 6) is 0.350. The Morgan fingerprint density at radius 1 is 1.52 bits per heavy atom. The molecule has 2 unspecified atom stereocenters. The van der Waals surface area contributed by atoms with Crippen LogP contribution in [0.4, 0.5) is 11.4 Å². The van der Waals surface area contributed by atoms with Gasteiger partial charge in [-0.2, -0.15) is 0 Å². The van der Waals surface area contributed by atoms with E-state index in [2.05, 4.69) is 17.1 Å². The fourth-order valence-electron chi connectivity index (χ4n) is 2.62. The van der Waals surface area contributed by atoms with Gasteiger partial charge in [0.05, 0.1) is 6.10 Å². The summed E-state index contributed by atoms with van der Waals surface area (Å²) in [6.07, 6.45) is 1.14. The number of anilines is 2. The second-order valence-corrected chi connectivity index (χ2v) is 6.01. The first-order chi connectivity index (χ1) is 9.95. The lowest BCUT2D eigenvalue weighted by molar-refractivity contribution is -0.116. The van der Waals surface area contributed by atoms with Crippen LogP contribution in [0.5, 0.6) is 0 Å². The SMILES string of the molecule is Cc1cc(N)ccc1NC(=O)CCN1CCC(C)C(O)C1. The van der Waals surface area contributed by atoms with Crippen molar-refractivity contribution in [2.24, 2.45) is 5.92 Å². The topological polar surface area (TPSA) is 78.6 Å². The highest BCUT2D eigenvalue weighted by atomic mass is 16.3. The quantitative estimate of drug-likeness (QED) is 0.736. The van der Waals surface area contributed by atoms with Gasteiger partial charge in [-0.3, -0.25) is 4.79 Å². The van der Waals surface area contributed by atoms with Gasteiger partial charge in [0.15, 0.2) is 0 Å². The largest absolute Gasteiger partial charge is 0.399 e. The standard InChI is InChI=1S/C16H25N3O2/c1-11-5-7-19(10-15(11)20)8-6-16(21)18-14-4-3-13(17)9-12(14)2/h3-4,9,11,15,20H,5-8,10,17H2,1-2H3,(H,18,21). The molecule has 1 saturated heterocycles.